The molecule has 0 aliphatic carbocycles. The van der Waals surface area contributed by atoms with Gasteiger partial charge in [0.15, 0.2) is 11.5 Å². The average Bonchev–Trinajstić information content (AvgIpc) is 2.81. The molecule has 0 atom stereocenters. The van der Waals surface area contributed by atoms with E-state index < -0.39 is 5.97 Å². The van der Waals surface area contributed by atoms with Crippen LogP contribution in [0.25, 0.3) is 0 Å². The van der Waals surface area contributed by atoms with Crippen LogP contribution >= 0.6 is 11.6 Å². The predicted molar refractivity (Wildman–Crippen MR) is 122 cm³/mol. The van der Waals surface area contributed by atoms with Crippen molar-refractivity contribution in [2.24, 2.45) is 5.10 Å². The zero-order valence-corrected chi connectivity index (χ0v) is 18.3. The minimum Gasteiger partial charge on any atom is -0.497 e. The summed E-state index contributed by atoms with van der Waals surface area (Å²) in [7, 11) is 1.53. The molecule has 0 fully saturated rings. The van der Waals surface area contributed by atoms with Crippen molar-refractivity contribution in [1.29, 1.82) is 0 Å². The molecule has 0 radical (unpaired) electrons. The van der Waals surface area contributed by atoms with Gasteiger partial charge in [0.1, 0.15) is 5.75 Å². The number of carbonyl (C=O) groups is 2. The number of nitrogens with zero attached hydrogens (tertiary/aromatic N) is 1. The van der Waals surface area contributed by atoms with Gasteiger partial charge in [0.05, 0.1) is 25.5 Å². The molecule has 164 valence electrons. The minimum absolute atomic E-state index is 0.268. The van der Waals surface area contributed by atoms with Gasteiger partial charge in [0.25, 0.3) is 5.91 Å². The van der Waals surface area contributed by atoms with Crippen molar-refractivity contribution in [2.45, 2.75) is 6.92 Å². The Bertz CT molecular complexity index is 1130. The largest absolute Gasteiger partial charge is 0.497 e. The first-order valence-corrected chi connectivity index (χ1v) is 10.1. The summed E-state index contributed by atoms with van der Waals surface area (Å²) in [6.45, 7) is 2.19. The Morgan fingerprint density at radius 2 is 1.78 bits per heavy atom. The fourth-order valence-electron chi connectivity index (χ4n) is 2.70. The Hall–Kier alpha value is -3.84. The van der Waals surface area contributed by atoms with Gasteiger partial charge in [-0.2, -0.15) is 5.10 Å². The van der Waals surface area contributed by atoms with Crippen molar-refractivity contribution in [2.75, 3.05) is 13.7 Å². The lowest BCUT2D eigenvalue weighted by Crippen LogP contribution is -2.17. The number of hydrogen-bond acceptors (Lipinski definition) is 6. The molecule has 0 unspecified atom stereocenters. The summed E-state index contributed by atoms with van der Waals surface area (Å²) in [6, 6.07) is 18.1. The molecule has 0 aliphatic rings. The molecule has 0 bridgehead atoms. The normalized spacial score (nSPS) is 10.6. The number of hydrogen-bond donors (Lipinski definition) is 1. The molecule has 32 heavy (non-hydrogen) atoms. The summed E-state index contributed by atoms with van der Waals surface area (Å²) in [5.74, 6) is 0.308. The van der Waals surface area contributed by atoms with Crippen LogP contribution in [0.1, 0.15) is 33.2 Å². The number of carbonyl (C=O) groups excluding carboxylic acids is 2. The second-order valence-electron chi connectivity index (χ2n) is 6.47. The lowest BCUT2D eigenvalue weighted by atomic mass is 10.2. The Kier molecular flexibility index (Phi) is 7.83. The molecule has 0 aromatic heterocycles. The van der Waals surface area contributed by atoms with Gasteiger partial charge < -0.3 is 14.2 Å². The van der Waals surface area contributed by atoms with Gasteiger partial charge in [-0.25, -0.2) is 10.2 Å². The lowest BCUT2D eigenvalue weighted by Gasteiger charge is -2.11. The molecular formula is C24H21ClN2O5. The quantitative estimate of drug-likeness (QED) is 0.231. The Morgan fingerprint density at radius 1 is 1.00 bits per heavy atom. The van der Waals surface area contributed by atoms with Gasteiger partial charge in [-0.05, 0) is 73.2 Å². The SMILES string of the molecule is CCOc1cc(/C=N/NC(=O)c2cccc(OC)c2)ccc1OC(=O)c1ccc(Cl)cc1. The summed E-state index contributed by atoms with van der Waals surface area (Å²) < 4.78 is 16.2. The molecule has 1 amide bonds. The summed E-state index contributed by atoms with van der Waals surface area (Å²) in [4.78, 5) is 24.6. The van der Waals surface area contributed by atoms with E-state index >= 15 is 0 Å². The van der Waals surface area contributed by atoms with E-state index in [0.717, 1.165) is 0 Å². The fourth-order valence-corrected chi connectivity index (χ4v) is 2.82. The molecular weight excluding hydrogens is 432 g/mol. The summed E-state index contributed by atoms with van der Waals surface area (Å²) >= 11 is 5.85. The maximum absolute atomic E-state index is 12.4. The Morgan fingerprint density at radius 3 is 2.50 bits per heavy atom. The maximum atomic E-state index is 12.4. The standard InChI is InChI=1S/C24H21ClN2O5/c1-3-31-22-13-16(15-26-27-23(28)18-5-4-6-20(14-18)30-2)7-12-21(22)32-24(29)17-8-10-19(25)11-9-17/h4-15H,3H2,1-2H3,(H,27,28)/b26-15+. The number of benzene rings is 3. The van der Waals surface area contributed by atoms with Crippen molar-refractivity contribution in [3.05, 3.63) is 88.4 Å². The highest BCUT2D eigenvalue weighted by atomic mass is 35.5. The topological polar surface area (TPSA) is 86.2 Å². The van der Waals surface area contributed by atoms with Crippen LogP contribution < -0.4 is 19.6 Å². The first-order valence-electron chi connectivity index (χ1n) is 9.72. The van der Waals surface area contributed by atoms with Gasteiger partial charge in [0, 0.05) is 10.6 Å². The molecule has 0 aliphatic heterocycles. The number of hydrazone groups is 1. The van der Waals surface area contributed by atoms with E-state index in [0.29, 0.717) is 39.8 Å². The van der Waals surface area contributed by atoms with Crippen molar-refractivity contribution in [3.8, 4) is 17.2 Å². The number of amides is 1. The van der Waals surface area contributed by atoms with Gasteiger partial charge >= 0.3 is 5.97 Å². The first kappa shape index (κ1) is 22.8. The third kappa shape index (κ3) is 6.09. The smallest absolute Gasteiger partial charge is 0.343 e. The Labute approximate surface area is 190 Å². The van der Waals surface area contributed by atoms with E-state index in [4.69, 9.17) is 25.8 Å². The van der Waals surface area contributed by atoms with Crippen molar-refractivity contribution < 1.29 is 23.8 Å². The highest BCUT2D eigenvalue weighted by molar-refractivity contribution is 6.30. The van der Waals surface area contributed by atoms with Crippen LogP contribution in [0, 0.1) is 0 Å². The summed E-state index contributed by atoms with van der Waals surface area (Å²) in [6.07, 6.45) is 1.46. The van der Waals surface area contributed by atoms with Gasteiger partial charge in [-0.1, -0.05) is 17.7 Å². The molecule has 7 nitrogen and oxygen atoms in total. The molecule has 3 rings (SSSR count). The monoisotopic (exact) mass is 452 g/mol. The van der Waals surface area contributed by atoms with Crippen LogP contribution in [0.5, 0.6) is 17.2 Å². The van der Waals surface area contributed by atoms with Crippen LogP contribution in [0.15, 0.2) is 71.8 Å². The molecule has 0 saturated carbocycles. The number of ether oxygens (including phenoxy) is 3. The number of methoxy groups -OCH3 is 1. The van der Waals surface area contributed by atoms with Crippen LogP contribution in [0.4, 0.5) is 0 Å². The molecule has 1 N–H and O–H groups in total. The van der Waals surface area contributed by atoms with E-state index in [1.807, 2.05) is 6.92 Å². The van der Waals surface area contributed by atoms with E-state index in [9.17, 15) is 9.59 Å². The van der Waals surface area contributed by atoms with E-state index in [1.165, 1.54) is 13.3 Å². The summed E-state index contributed by atoms with van der Waals surface area (Å²) in [5, 5.41) is 4.51. The second-order valence-corrected chi connectivity index (χ2v) is 6.90. The predicted octanol–water partition coefficient (Wildman–Crippen LogP) is 4.73. The van der Waals surface area contributed by atoms with Crippen molar-refractivity contribution >= 4 is 29.7 Å². The zero-order valence-electron chi connectivity index (χ0n) is 17.5. The van der Waals surface area contributed by atoms with Crippen molar-refractivity contribution in [3.63, 3.8) is 0 Å². The molecule has 3 aromatic carbocycles. The van der Waals surface area contributed by atoms with E-state index in [1.54, 1.807) is 66.7 Å². The summed E-state index contributed by atoms with van der Waals surface area (Å²) in [5.41, 5.74) is 3.89. The Balaban J connectivity index is 1.69. The second kappa shape index (κ2) is 11.0. The number of nitrogens with one attached hydrogen (secondary N) is 1. The molecule has 0 saturated heterocycles. The average molecular weight is 453 g/mol. The number of halogens is 1. The highest BCUT2D eigenvalue weighted by Gasteiger charge is 2.13. The number of rotatable bonds is 8. The molecule has 8 heteroatoms. The molecule has 0 heterocycles. The first-order chi connectivity index (χ1) is 15.5. The van der Waals surface area contributed by atoms with Gasteiger partial charge in [-0.15, -0.1) is 0 Å². The lowest BCUT2D eigenvalue weighted by molar-refractivity contribution is 0.0728. The van der Waals surface area contributed by atoms with E-state index in [-0.39, 0.29) is 11.7 Å². The molecule has 0 spiro atoms. The zero-order chi connectivity index (χ0) is 22.9. The molecule has 3 aromatic rings. The van der Waals surface area contributed by atoms with Crippen molar-refractivity contribution in [1.82, 2.24) is 5.43 Å². The van der Waals surface area contributed by atoms with Crippen LogP contribution in [0.3, 0.4) is 0 Å². The van der Waals surface area contributed by atoms with Crippen LogP contribution in [-0.2, 0) is 0 Å². The third-order valence-corrected chi connectivity index (χ3v) is 4.51. The van der Waals surface area contributed by atoms with E-state index in [2.05, 4.69) is 10.5 Å². The number of esters is 1. The van der Waals surface area contributed by atoms with Gasteiger partial charge in [-0.3, -0.25) is 4.79 Å². The third-order valence-electron chi connectivity index (χ3n) is 4.26. The highest BCUT2D eigenvalue weighted by Crippen LogP contribution is 2.29. The van der Waals surface area contributed by atoms with Gasteiger partial charge in [0.2, 0.25) is 0 Å². The minimum atomic E-state index is -0.533. The van der Waals surface area contributed by atoms with Crippen LogP contribution in [0.2, 0.25) is 5.02 Å². The van der Waals surface area contributed by atoms with Crippen LogP contribution in [-0.4, -0.2) is 31.8 Å². The fraction of sp³-hybridized carbons (Fsp3) is 0.125. The maximum Gasteiger partial charge on any atom is 0.343 e.